The molecule has 108 valence electrons. The van der Waals surface area contributed by atoms with Crippen molar-refractivity contribution in [3.63, 3.8) is 0 Å². The number of carbonyl (C=O) groups is 1. The average molecular weight is 280 g/mol. The summed E-state index contributed by atoms with van der Waals surface area (Å²) in [5.74, 6) is 0.0345. The number of hydrogen-bond donors (Lipinski definition) is 1. The fourth-order valence-corrected chi connectivity index (χ4v) is 2.69. The Bertz CT molecular complexity index is 661. The number of fused-ring (bicyclic) bond motifs is 1. The summed E-state index contributed by atoms with van der Waals surface area (Å²) in [6.07, 6.45) is 2.16. The van der Waals surface area contributed by atoms with Gasteiger partial charge in [-0.05, 0) is 55.7 Å². The van der Waals surface area contributed by atoms with Crippen molar-refractivity contribution in [2.45, 2.75) is 19.8 Å². The standard InChI is InChI=1S/C18H20N2O/c1-13-5-8-16(9-6-13)20(2)18(21)15-7-10-17-14(12-15)4-3-11-19-17/h5-10,12,19H,3-4,11H2,1-2H3. The number of nitrogens with one attached hydrogen (secondary N) is 1. The monoisotopic (exact) mass is 280 g/mol. The largest absolute Gasteiger partial charge is 0.385 e. The van der Waals surface area contributed by atoms with Crippen molar-refractivity contribution in [1.82, 2.24) is 0 Å². The van der Waals surface area contributed by atoms with E-state index in [9.17, 15) is 4.79 Å². The van der Waals surface area contributed by atoms with E-state index in [1.807, 2.05) is 56.4 Å². The Balaban J connectivity index is 1.86. The van der Waals surface area contributed by atoms with Gasteiger partial charge in [0.05, 0.1) is 0 Å². The topological polar surface area (TPSA) is 32.3 Å². The van der Waals surface area contributed by atoms with E-state index in [4.69, 9.17) is 0 Å². The predicted molar refractivity (Wildman–Crippen MR) is 87.2 cm³/mol. The lowest BCUT2D eigenvalue weighted by Crippen LogP contribution is -2.26. The van der Waals surface area contributed by atoms with Crippen LogP contribution in [0, 0.1) is 6.92 Å². The summed E-state index contributed by atoms with van der Waals surface area (Å²) in [6, 6.07) is 14.0. The molecule has 0 spiro atoms. The van der Waals surface area contributed by atoms with E-state index in [-0.39, 0.29) is 5.91 Å². The highest BCUT2D eigenvalue weighted by molar-refractivity contribution is 6.06. The molecule has 3 rings (SSSR count). The molecular formula is C18H20N2O. The molecule has 1 N–H and O–H groups in total. The first-order valence-corrected chi connectivity index (χ1v) is 7.37. The lowest BCUT2D eigenvalue weighted by atomic mass is 10.0. The van der Waals surface area contributed by atoms with E-state index in [0.29, 0.717) is 0 Å². The second-order valence-corrected chi connectivity index (χ2v) is 5.60. The Morgan fingerprint density at radius 2 is 1.90 bits per heavy atom. The number of hydrogen-bond acceptors (Lipinski definition) is 2. The quantitative estimate of drug-likeness (QED) is 0.911. The summed E-state index contributed by atoms with van der Waals surface area (Å²) in [6.45, 7) is 3.06. The minimum absolute atomic E-state index is 0.0345. The molecule has 1 amide bonds. The first kappa shape index (κ1) is 13.7. The van der Waals surface area contributed by atoms with Gasteiger partial charge in [-0.3, -0.25) is 4.79 Å². The van der Waals surface area contributed by atoms with Crippen molar-refractivity contribution < 1.29 is 4.79 Å². The molecule has 1 aliphatic heterocycles. The maximum absolute atomic E-state index is 12.6. The van der Waals surface area contributed by atoms with Crippen LogP contribution in [-0.2, 0) is 6.42 Å². The molecule has 1 aliphatic rings. The molecule has 0 radical (unpaired) electrons. The summed E-state index contributed by atoms with van der Waals surface area (Å²) < 4.78 is 0. The van der Waals surface area contributed by atoms with Crippen LogP contribution in [0.4, 0.5) is 11.4 Å². The Kier molecular flexibility index (Phi) is 3.65. The van der Waals surface area contributed by atoms with Gasteiger partial charge in [0, 0.05) is 30.5 Å². The van der Waals surface area contributed by atoms with Crippen LogP contribution in [0.15, 0.2) is 42.5 Å². The average Bonchev–Trinajstić information content (AvgIpc) is 2.54. The zero-order valence-electron chi connectivity index (χ0n) is 12.5. The number of amides is 1. The summed E-state index contributed by atoms with van der Waals surface area (Å²) >= 11 is 0. The van der Waals surface area contributed by atoms with Crippen LogP contribution in [0.25, 0.3) is 0 Å². The molecule has 1 heterocycles. The molecular weight excluding hydrogens is 260 g/mol. The summed E-state index contributed by atoms with van der Waals surface area (Å²) in [5, 5.41) is 3.37. The normalized spacial score (nSPS) is 13.2. The highest BCUT2D eigenvalue weighted by Crippen LogP contribution is 2.24. The third kappa shape index (κ3) is 2.77. The molecule has 21 heavy (non-hydrogen) atoms. The third-order valence-electron chi connectivity index (χ3n) is 4.02. The van der Waals surface area contributed by atoms with Gasteiger partial charge in [-0.15, -0.1) is 0 Å². The van der Waals surface area contributed by atoms with E-state index < -0.39 is 0 Å². The van der Waals surface area contributed by atoms with Crippen molar-refractivity contribution in [1.29, 1.82) is 0 Å². The lowest BCUT2D eigenvalue weighted by molar-refractivity contribution is 0.0993. The molecule has 0 aromatic heterocycles. The Morgan fingerprint density at radius 1 is 1.14 bits per heavy atom. The highest BCUT2D eigenvalue weighted by Gasteiger charge is 2.16. The van der Waals surface area contributed by atoms with Crippen LogP contribution in [0.2, 0.25) is 0 Å². The number of rotatable bonds is 2. The smallest absolute Gasteiger partial charge is 0.258 e. The number of carbonyl (C=O) groups excluding carboxylic acids is 1. The maximum atomic E-state index is 12.6. The zero-order valence-corrected chi connectivity index (χ0v) is 12.5. The Morgan fingerprint density at radius 3 is 2.67 bits per heavy atom. The predicted octanol–water partition coefficient (Wildman–Crippen LogP) is 3.63. The molecule has 0 unspecified atom stereocenters. The third-order valence-corrected chi connectivity index (χ3v) is 4.02. The van der Waals surface area contributed by atoms with Crippen LogP contribution < -0.4 is 10.2 Å². The van der Waals surface area contributed by atoms with Crippen LogP contribution in [0.3, 0.4) is 0 Å². The summed E-state index contributed by atoms with van der Waals surface area (Å²) in [4.78, 5) is 14.3. The van der Waals surface area contributed by atoms with Gasteiger partial charge in [0.15, 0.2) is 0 Å². The molecule has 0 saturated heterocycles. The zero-order chi connectivity index (χ0) is 14.8. The molecule has 3 nitrogen and oxygen atoms in total. The van der Waals surface area contributed by atoms with Crippen molar-refractivity contribution in [3.8, 4) is 0 Å². The second-order valence-electron chi connectivity index (χ2n) is 5.60. The lowest BCUT2D eigenvalue weighted by Gasteiger charge is -2.21. The van der Waals surface area contributed by atoms with Crippen molar-refractivity contribution in [2.75, 3.05) is 23.8 Å². The fourth-order valence-electron chi connectivity index (χ4n) is 2.69. The van der Waals surface area contributed by atoms with Gasteiger partial charge in [-0.25, -0.2) is 0 Å². The number of benzene rings is 2. The summed E-state index contributed by atoms with van der Waals surface area (Å²) in [7, 11) is 1.82. The van der Waals surface area contributed by atoms with Gasteiger partial charge in [0.1, 0.15) is 0 Å². The van der Waals surface area contributed by atoms with Crippen molar-refractivity contribution >= 4 is 17.3 Å². The number of aryl methyl sites for hydroxylation is 2. The molecule has 0 atom stereocenters. The minimum atomic E-state index is 0.0345. The van der Waals surface area contributed by atoms with Gasteiger partial charge in [0.25, 0.3) is 5.91 Å². The second kappa shape index (κ2) is 5.60. The van der Waals surface area contributed by atoms with Crippen LogP contribution >= 0.6 is 0 Å². The van der Waals surface area contributed by atoms with E-state index in [1.165, 1.54) is 11.1 Å². The van der Waals surface area contributed by atoms with Gasteiger partial charge in [0.2, 0.25) is 0 Å². The van der Waals surface area contributed by atoms with E-state index in [0.717, 1.165) is 36.3 Å². The van der Waals surface area contributed by atoms with E-state index in [1.54, 1.807) is 4.90 Å². The van der Waals surface area contributed by atoms with Crippen molar-refractivity contribution in [3.05, 3.63) is 59.2 Å². The molecule has 2 aromatic rings. The Labute approximate surface area is 125 Å². The maximum Gasteiger partial charge on any atom is 0.258 e. The van der Waals surface area contributed by atoms with Crippen molar-refractivity contribution in [2.24, 2.45) is 0 Å². The van der Waals surface area contributed by atoms with Crippen LogP contribution in [0.5, 0.6) is 0 Å². The minimum Gasteiger partial charge on any atom is -0.385 e. The van der Waals surface area contributed by atoms with Gasteiger partial charge in [-0.1, -0.05) is 17.7 Å². The molecule has 0 aliphatic carbocycles. The van der Waals surface area contributed by atoms with Gasteiger partial charge < -0.3 is 10.2 Å². The molecule has 0 bridgehead atoms. The SMILES string of the molecule is Cc1ccc(N(C)C(=O)c2ccc3c(c2)CCCN3)cc1. The Hall–Kier alpha value is -2.29. The summed E-state index contributed by atoms with van der Waals surface area (Å²) in [5.41, 5.74) is 5.27. The van der Waals surface area contributed by atoms with E-state index >= 15 is 0 Å². The van der Waals surface area contributed by atoms with Crippen LogP contribution in [0.1, 0.15) is 27.9 Å². The fraction of sp³-hybridized carbons (Fsp3) is 0.278. The number of anilines is 2. The van der Waals surface area contributed by atoms with Gasteiger partial charge in [-0.2, -0.15) is 0 Å². The first-order chi connectivity index (χ1) is 10.1. The molecule has 0 saturated carbocycles. The molecule has 3 heteroatoms. The first-order valence-electron chi connectivity index (χ1n) is 7.37. The van der Waals surface area contributed by atoms with E-state index in [2.05, 4.69) is 5.32 Å². The molecule has 2 aromatic carbocycles. The van der Waals surface area contributed by atoms with Crippen LogP contribution in [-0.4, -0.2) is 19.5 Å². The molecule has 0 fully saturated rings. The van der Waals surface area contributed by atoms with Gasteiger partial charge >= 0.3 is 0 Å². The number of nitrogens with zero attached hydrogens (tertiary/aromatic N) is 1. The highest BCUT2D eigenvalue weighted by atomic mass is 16.2.